The first-order chi connectivity index (χ1) is 11.5. The summed E-state index contributed by atoms with van der Waals surface area (Å²) < 4.78 is 32.4. The summed E-state index contributed by atoms with van der Waals surface area (Å²) in [6.45, 7) is 5.18. The Morgan fingerprint density at radius 2 is 1.84 bits per heavy atom. The van der Waals surface area contributed by atoms with Gasteiger partial charge in [-0.15, -0.1) is 0 Å². The summed E-state index contributed by atoms with van der Waals surface area (Å²) in [7, 11) is 1.56. The van der Waals surface area contributed by atoms with E-state index in [0.717, 1.165) is 19.8 Å². The Kier molecular flexibility index (Phi) is 5.76. The van der Waals surface area contributed by atoms with E-state index >= 15 is 0 Å². The van der Waals surface area contributed by atoms with E-state index < -0.39 is 22.7 Å². The molecule has 0 heterocycles. The van der Waals surface area contributed by atoms with Crippen molar-refractivity contribution in [2.45, 2.75) is 64.8 Å². The number of hydrogen-bond acceptors (Lipinski definition) is 3. The summed E-state index contributed by atoms with van der Waals surface area (Å²) in [6.07, 6.45) is 3.01. The first-order valence-electron chi connectivity index (χ1n) is 9.00. The van der Waals surface area contributed by atoms with Crippen molar-refractivity contribution in [3.8, 4) is 0 Å². The van der Waals surface area contributed by atoms with E-state index in [9.17, 15) is 18.4 Å². The van der Waals surface area contributed by atoms with Crippen LogP contribution < -0.4 is 10.6 Å². The lowest BCUT2D eigenvalue weighted by atomic mass is 9.86. The van der Waals surface area contributed by atoms with E-state index in [1.54, 1.807) is 7.11 Å². The second-order valence-electron chi connectivity index (χ2n) is 8.13. The van der Waals surface area contributed by atoms with Crippen molar-refractivity contribution in [2.24, 2.45) is 16.7 Å². The minimum Gasteiger partial charge on any atom is -0.385 e. The zero-order valence-corrected chi connectivity index (χ0v) is 15.6. The second-order valence-corrected chi connectivity index (χ2v) is 8.13. The van der Waals surface area contributed by atoms with Gasteiger partial charge in [-0.1, -0.05) is 13.8 Å². The summed E-state index contributed by atoms with van der Waals surface area (Å²) >= 11 is 0. The molecule has 25 heavy (non-hydrogen) atoms. The van der Waals surface area contributed by atoms with E-state index in [0.29, 0.717) is 18.9 Å². The highest BCUT2D eigenvalue weighted by atomic mass is 19.3. The van der Waals surface area contributed by atoms with Gasteiger partial charge in [-0.05, 0) is 38.0 Å². The molecule has 7 heteroatoms. The van der Waals surface area contributed by atoms with Crippen LogP contribution in [-0.4, -0.2) is 44.0 Å². The largest absolute Gasteiger partial charge is 0.385 e. The van der Waals surface area contributed by atoms with Gasteiger partial charge in [0.05, 0.1) is 0 Å². The van der Waals surface area contributed by atoms with Crippen molar-refractivity contribution in [1.29, 1.82) is 0 Å². The van der Waals surface area contributed by atoms with Crippen LogP contribution in [-0.2, 0) is 14.3 Å². The van der Waals surface area contributed by atoms with Crippen molar-refractivity contribution >= 4 is 11.8 Å². The van der Waals surface area contributed by atoms with Gasteiger partial charge in [-0.3, -0.25) is 9.59 Å². The summed E-state index contributed by atoms with van der Waals surface area (Å²) in [5, 5.41) is 5.57. The molecular weight excluding hydrogens is 330 g/mol. The molecule has 0 radical (unpaired) electrons. The minimum atomic E-state index is -3.03. The van der Waals surface area contributed by atoms with Crippen molar-refractivity contribution in [2.75, 3.05) is 20.3 Å². The first-order valence-corrected chi connectivity index (χ1v) is 9.00. The number of hydrogen-bond donors (Lipinski definition) is 2. The van der Waals surface area contributed by atoms with Gasteiger partial charge in [-0.2, -0.15) is 0 Å². The van der Waals surface area contributed by atoms with Crippen molar-refractivity contribution in [1.82, 2.24) is 10.6 Å². The van der Waals surface area contributed by atoms with Crippen LogP contribution in [0.2, 0.25) is 0 Å². The number of amides is 2. The van der Waals surface area contributed by atoms with Gasteiger partial charge in [-0.25, -0.2) is 8.78 Å². The summed E-state index contributed by atoms with van der Waals surface area (Å²) in [4.78, 5) is 24.8. The third kappa shape index (κ3) is 4.49. The van der Waals surface area contributed by atoms with Gasteiger partial charge in [0.1, 0.15) is 5.41 Å². The number of carbonyl (C=O) groups excluding carboxylic acids is 2. The van der Waals surface area contributed by atoms with Crippen LogP contribution in [0.15, 0.2) is 0 Å². The van der Waals surface area contributed by atoms with Gasteiger partial charge < -0.3 is 15.4 Å². The number of carbonyl (C=O) groups is 2. The van der Waals surface area contributed by atoms with Crippen molar-refractivity contribution < 1.29 is 23.1 Å². The maximum Gasteiger partial charge on any atom is 0.259 e. The Hall–Kier alpha value is -1.24. The number of methoxy groups -OCH3 is 1. The number of alkyl halides is 2. The van der Waals surface area contributed by atoms with E-state index in [1.807, 2.05) is 13.8 Å². The Labute approximate surface area is 148 Å². The molecule has 1 atom stereocenters. The van der Waals surface area contributed by atoms with Gasteiger partial charge in [0.2, 0.25) is 11.8 Å². The molecular formula is C18H30F2N2O3. The highest BCUT2D eigenvalue weighted by molar-refractivity contribution is 5.86. The molecule has 2 aliphatic rings. The second kappa shape index (κ2) is 7.17. The normalized spacial score (nSPS) is 20.7. The average molecular weight is 360 g/mol. The fraction of sp³-hybridized carbons (Fsp3) is 0.889. The van der Waals surface area contributed by atoms with E-state index in [-0.39, 0.29) is 31.3 Å². The summed E-state index contributed by atoms with van der Waals surface area (Å²) in [6, 6.07) is -0.337. The van der Waals surface area contributed by atoms with E-state index in [2.05, 4.69) is 10.6 Å². The Morgan fingerprint density at radius 1 is 1.24 bits per heavy atom. The third-order valence-corrected chi connectivity index (χ3v) is 5.72. The molecule has 0 saturated heterocycles. The first kappa shape index (κ1) is 20.1. The molecule has 0 aromatic carbocycles. The Morgan fingerprint density at radius 3 is 2.28 bits per heavy atom. The fourth-order valence-corrected chi connectivity index (χ4v) is 3.22. The predicted octanol–water partition coefficient (Wildman–Crippen LogP) is 2.50. The zero-order valence-electron chi connectivity index (χ0n) is 15.6. The molecule has 1 unspecified atom stereocenters. The van der Waals surface area contributed by atoms with Crippen molar-refractivity contribution in [3.63, 3.8) is 0 Å². The van der Waals surface area contributed by atoms with Gasteiger partial charge in [0.15, 0.2) is 0 Å². The molecule has 0 aliphatic heterocycles. The molecule has 2 saturated carbocycles. The lowest BCUT2D eigenvalue weighted by Gasteiger charge is -2.28. The highest BCUT2D eigenvalue weighted by Crippen LogP contribution is 2.56. The van der Waals surface area contributed by atoms with Gasteiger partial charge in [0.25, 0.3) is 5.92 Å². The number of rotatable bonds is 10. The van der Waals surface area contributed by atoms with Gasteiger partial charge >= 0.3 is 0 Å². The van der Waals surface area contributed by atoms with Gasteiger partial charge in [0, 0.05) is 38.6 Å². The SMILES string of the molecule is COCCC(CNC(=O)C1(C(C)(F)F)CC1)NC(=O)C(C)(C)C1CC1. The number of halogens is 2. The van der Waals surface area contributed by atoms with Crippen LogP contribution in [0.3, 0.4) is 0 Å². The molecule has 2 amide bonds. The third-order valence-electron chi connectivity index (χ3n) is 5.72. The quantitative estimate of drug-likeness (QED) is 0.629. The van der Waals surface area contributed by atoms with Crippen LogP contribution in [0.5, 0.6) is 0 Å². The molecule has 2 rings (SSSR count). The molecule has 2 fully saturated rings. The maximum absolute atomic E-state index is 13.7. The lowest BCUT2D eigenvalue weighted by molar-refractivity contribution is -0.142. The molecule has 0 aromatic rings. The smallest absolute Gasteiger partial charge is 0.259 e. The minimum absolute atomic E-state index is 0.0627. The van der Waals surface area contributed by atoms with Crippen LogP contribution in [0.4, 0.5) is 8.78 Å². The number of nitrogens with one attached hydrogen (secondary N) is 2. The zero-order chi connectivity index (χ0) is 18.9. The monoisotopic (exact) mass is 360 g/mol. The average Bonchev–Trinajstić information content (AvgIpc) is 3.39. The molecule has 2 N–H and O–H groups in total. The van der Waals surface area contributed by atoms with Crippen molar-refractivity contribution in [3.05, 3.63) is 0 Å². The van der Waals surface area contributed by atoms with E-state index in [4.69, 9.17) is 4.74 Å². The number of ether oxygens (including phenoxy) is 1. The standard InChI is InChI=1S/C18H30F2N2O3/c1-16(2,12-5-6-12)14(23)22-13(7-10-25-4)11-21-15(24)18(8-9-18)17(3,19)20/h12-13H,5-11H2,1-4H3,(H,21,24)(H,22,23). The van der Waals surface area contributed by atoms with E-state index in [1.165, 1.54) is 0 Å². The summed E-state index contributed by atoms with van der Waals surface area (Å²) in [5.41, 5.74) is -2.03. The van der Waals surface area contributed by atoms with Crippen LogP contribution in [0.1, 0.15) is 52.9 Å². The Balaban J connectivity index is 1.91. The maximum atomic E-state index is 13.7. The molecule has 2 aliphatic carbocycles. The molecule has 144 valence electrons. The van der Waals surface area contributed by atoms with Crippen LogP contribution in [0.25, 0.3) is 0 Å². The predicted molar refractivity (Wildman–Crippen MR) is 90.2 cm³/mol. The lowest BCUT2D eigenvalue weighted by Crippen LogP contribution is -2.51. The fourth-order valence-electron chi connectivity index (χ4n) is 3.22. The molecule has 0 aromatic heterocycles. The molecule has 0 spiro atoms. The highest BCUT2D eigenvalue weighted by Gasteiger charge is 2.64. The molecule has 0 bridgehead atoms. The topological polar surface area (TPSA) is 67.4 Å². The Bertz CT molecular complexity index is 509. The van der Waals surface area contributed by atoms with Crippen LogP contribution in [0, 0.1) is 16.7 Å². The summed E-state index contributed by atoms with van der Waals surface area (Å²) in [5.74, 6) is -3.33. The van der Waals surface area contributed by atoms with Crippen LogP contribution >= 0.6 is 0 Å². The molecule has 5 nitrogen and oxygen atoms in total.